The number of carbonyl (C=O) groups is 2. The number of carbonyl (C=O) groups excluding carboxylic acids is 1. The van der Waals surface area contributed by atoms with Gasteiger partial charge in [-0.15, -0.1) is 0 Å². The molecule has 4 heteroatoms. The Balaban J connectivity index is 2.26. The average molecular weight is 303 g/mol. The van der Waals surface area contributed by atoms with E-state index in [4.69, 9.17) is 0 Å². The van der Waals surface area contributed by atoms with Crippen molar-refractivity contribution in [3.05, 3.63) is 35.9 Å². The summed E-state index contributed by atoms with van der Waals surface area (Å²) in [6.07, 6.45) is 4.30. The SMILES string of the molecule is CC[C@H](C)[C@H](NC(=O)C1(c2ccccc2)CCCC1)C(=O)O. The third-order valence-electron chi connectivity index (χ3n) is 4.98. The molecule has 0 bridgehead atoms. The Morgan fingerprint density at radius 1 is 1.23 bits per heavy atom. The van der Waals surface area contributed by atoms with E-state index in [-0.39, 0.29) is 11.8 Å². The molecule has 4 nitrogen and oxygen atoms in total. The summed E-state index contributed by atoms with van der Waals surface area (Å²) in [5.74, 6) is -1.18. The Bertz CT molecular complexity index is 520. The number of nitrogens with one attached hydrogen (secondary N) is 1. The summed E-state index contributed by atoms with van der Waals surface area (Å²) in [7, 11) is 0. The van der Waals surface area contributed by atoms with Crippen molar-refractivity contribution >= 4 is 11.9 Å². The van der Waals surface area contributed by atoms with Crippen LogP contribution in [0.15, 0.2) is 30.3 Å². The molecule has 0 aliphatic heterocycles. The monoisotopic (exact) mass is 303 g/mol. The predicted molar refractivity (Wildman–Crippen MR) is 85.6 cm³/mol. The summed E-state index contributed by atoms with van der Waals surface area (Å²) in [5.41, 5.74) is 0.431. The summed E-state index contributed by atoms with van der Waals surface area (Å²) < 4.78 is 0. The molecule has 22 heavy (non-hydrogen) atoms. The van der Waals surface area contributed by atoms with Crippen LogP contribution in [0.4, 0.5) is 0 Å². The molecule has 2 N–H and O–H groups in total. The van der Waals surface area contributed by atoms with E-state index >= 15 is 0 Å². The Kier molecular flexibility index (Phi) is 5.22. The van der Waals surface area contributed by atoms with E-state index in [9.17, 15) is 14.7 Å². The topological polar surface area (TPSA) is 66.4 Å². The molecule has 2 atom stereocenters. The molecule has 1 aliphatic carbocycles. The fourth-order valence-electron chi connectivity index (χ4n) is 3.35. The number of benzene rings is 1. The molecule has 0 heterocycles. The van der Waals surface area contributed by atoms with Crippen molar-refractivity contribution < 1.29 is 14.7 Å². The Morgan fingerprint density at radius 3 is 2.32 bits per heavy atom. The van der Waals surface area contributed by atoms with Crippen molar-refractivity contribution in [2.75, 3.05) is 0 Å². The van der Waals surface area contributed by atoms with E-state index in [0.29, 0.717) is 0 Å². The van der Waals surface area contributed by atoms with Gasteiger partial charge in [0.15, 0.2) is 0 Å². The first kappa shape index (κ1) is 16.5. The minimum atomic E-state index is -0.955. The van der Waals surface area contributed by atoms with Gasteiger partial charge in [-0.3, -0.25) is 4.79 Å². The largest absolute Gasteiger partial charge is 0.480 e. The predicted octanol–water partition coefficient (Wildman–Crippen LogP) is 3.11. The van der Waals surface area contributed by atoms with Crippen LogP contribution in [-0.2, 0) is 15.0 Å². The first-order chi connectivity index (χ1) is 10.5. The van der Waals surface area contributed by atoms with E-state index in [2.05, 4.69) is 5.32 Å². The number of amides is 1. The van der Waals surface area contributed by atoms with Crippen LogP contribution in [0.3, 0.4) is 0 Å². The van der Waals surface area contributed by atoms with Gasteiger partial charge in [0.05, 0.1) is 5.41 Å². The average Bonchev–Trinajstić information content (AvgIpc) is 3.03. The van der Waals surface area contributed by atoms with Gasteiger partial charge >= 0.3 is 5.97 Å². The Hall–Kier alpha value is -1.84. The second kappa shape index (κ2) is 6.95. The lowest BCUT2D eigenvalue weighted by Crippen LogP contribution is -2.52. The second-order valence-electron chi connectivity index (χ2n) is 6.33. The molecule has 0 spiro atoms. The molecular weight excluding hydrogens is 278 g/mol. The van der Waals surface area contributed by atoms with Crippen molar-refractivity contribution in [2.24, 2.45) is 5.92 Å². The second-order valence-corrected chi connectivity index (χ2v) is 6.33. The zero-order chi connectivity index (χ0) is 16.2. The summed E-state index contributed by atoms with van der Waals surface area (Å²) in [6, 6.07) is 8.94. The molecule has 120 valence electrons. The van der Waals surface area contributed by atoms with Gasteiger partial charge < -0.3 is 10.4 Å². The van der Waals surface area contributed by atoms with Crippen LogP contribution >= 0.6 is 0 Å². The summed E-state index contributed by atoms with van der Waals surface area (Å²) >= 11 is 0. The van der Waals surface area contributed by atoms with Crippen molar-refractivity contribution in [1.29, 1.82) is 0 Å². The number of carboxylic acid groups (broad SMARTS) is 1. The highest BCUT2D eigenvalue weighted by Crippen LogP contribution is 2.41. The molecular formula is C18H25NO3. The zero-order valence-corrected chi connectivity index (χ0v) is 13.3. The highest BCUT2D eigenvalue weighted by Gasteiger charge is 2.44. The first-order valence-electron chi connectivity index (χ1n) is 8.10. The lowest BCUT2D eigenvalue weighted by Gasteiger charge is -2.31. The van der Waals surface area contributed by atoms with Crippen molar-refractivity contribution in [3.63, 3.8) is 0 Å². The van der Waals surface area contributed by atoms with Crippen LogP contribution in [0.25, 0.3) is 0 Å². The lowest BCUT2D eigenvalue weighted by molar-refractivity contribution is -0.144. The third-order valence-corrected chi connectivity index (χ3v) is 4.98. The molecule has 0 unspecified atom stereocenters. The lowest BCUT2D eigenvalue weighted by atomic mass is 9.77. The summed E-state index contributed by atoms with van der Waals surface area (Å²) in [6.45, 7) is 3.80. The van der Waals surface area contributed by atoms with Gasteiger partial charge in [-0.2, -0.15) is 0 Å². The minimum absolute atomic E-state index is 0.0873. The van der Waals surface area contributed by atoms with Crippen LogP contribution in [0.2, 0.25) is 0 Å². The maximum atomic E-state index is 12.9. The molecule has 2 rings (SSSR count). The van der Waals surface area contributed by atoms with E-state index in [1.807, 2.05) is 44.2 Å². The summed E-state index contributed by atoms with van der Waals surface area (Å²) in [4.78, 5) is 24.4. The molecule has 1 aromatic carbocycles. The molecule has 1 saturated carbocycles. The molecule has 0 saturated heterocycles. The summed E-state index contributed by atoms with van der Waals surface area (Å²) in [5, 5.41) is 12.2. The number of aliphatic carboxylic acids is 1. The molecule has 1 aromatic rings. The van der Waals surface area contributed by atoms with Gasteiger partial charge in [0.2, 0.25) is 5.91 Å². The van der Waals surface area contributed by atoms with Crippen LogP contribution in [0, 0.1) is 5.92 Å². The van der Waals surface area contributed by atoms with Gasteiger partial charge in [-0.05, 0) is 24.3 Å². The van der Waals surface area contributed by atoms with E-state index in [1.54, 1.807) is 0 Å². The maximum Gasteiger partial charge on any atom is 0.326 e. The van der Waals surface area contributed by atoms with E-state index in [0.717, 1.165) is 37.7 Å². The number of carboxylic acids is 1. The number of rotatable bonds is 6. The maximum absolute atomic E-state index is 12.9. The van der Waals surface area contributed by atoms with Crippen molar-refractivity contribution in [2.45, 2.75) is 57.4 Å². The van der Waals surface area contributed by atoms with Crippen molar-refractivity contribution in [3.8, 4) is 0 Å². The molecule has 0 aromatic heterocycles. The third kappa shape index (κ3) is 3.16. The number of hydrogen-bond acceptors (Lipinski definition) is 2. The van der Waals surface area contributed by atoms with E-state index < -0.39 is 17.4 Å². The first-order valence-corrected chi connectivity index (χ1v) is 8.10. The van der Waals surface area contributed by atoms with Gasteiger partial charge in [0.25, 0.3) is 0 Å². The molecule has 1 aliphatic rings. The van der Waals surface area contributed by atoms with E-state index in [1.165, 1.54) is 0 Å². The van der Waals surface area contributed by atoms with Crippen molar-refractivity contribution in [1.82, 2.24) is 5.32 Å². The fraction of sp³-hybridized carbons (Fsp3) is 0.556. The minimum Gasteiger partial charge on any atom is -0.480 e. The Labute approximate surface area is 131 Å². The quantitative estimate of drug-likeness (QED) is 0.848. The van der Waals surface area contributed by atoms with Crippen LogP contribution in [0.1, 0.15) is 51.5 Å². The smallest absolute Gasteiger partial charge is 0.326 e. The fourth-order valence-corrected chi connectivity index (χ4v) is 3.35. The Morgan fingerprint density at radius 2 is 1.82 bits per heavy atom. The molecule has 1 fully saturated rings. The van der Waals surface area contributed by atoms with Crippen LogP contribution in [-0.4, -0.2) is 23.0 Å². The van der Waals surface area contributed by atoms with Gasteiger partial charge in [-0.1, -0.05) is 63.4 Å². The highest BCUT2D eigenvalue weighted by molar-refractivity contribution is 5.91. The molecule has 1 amide bonds. The van der Waals surface area contributed by atoms with Crippen LogP contribution in [0.5, 0.6) is 0 Å². The van der Waals surface area contributed by atoms with Gasteiger partial charge in [-0.25, -0.2) is 4.79 Å². The van der Waals surface area contributed by atoms with Crippen LogP contribution < -0.4 is 5.32 Å². The zero-order valence-electron chi connectivity index (χ0n) is 13.3. The standard InChI is InChI=1S/C18H25NO3/c1-3-13(2)15(16(20)21)19-17(22)18(11-7-8-12-18)14-9-5-4-6-10-14/h4-6,9-10,13,15H,3,7-8,11-12H2,1-2H3,(H,19,22)(H,20,21)/t13-,15-/m0/s1. The highest BCUT2D eigenvalue weighted by atomic mass is 16.4. The van der Waals surface area contributed by atoms with Gasteiger partial charge in [0.1, 0.15) is 6.04 Å². The number of hydrogen-bond donors (Lipinski definition) is 2. The normalized spacial score (nSPS) is 19.4. The molecule has 0 radical (unpaired) electrons. The van der Waals surface area contributed by atoms with Gasteiger partial charge in [0, 0.05) is 0 Å².